The first kappa shape index (κ1) is 89.2. The molecule has 5 rings (SSSR count). The molecule has 100 heavy (non-hydrogen) atoms. The molecule has 5 fully saturated rings. The molecule has 5 aliphatic rings. The lowest BCUT2D eigenvalue weighted by molar-refractivity contribution is -0.487. The lowest BCUT2D eigenvalue weighted by Gasteiger charge is -2.34. The highest BCUT2D eigenvalue weighted by molar-refractivity contribution is 7.80. The van der Waals surface area contributed by atoms with Crippen LogP contribution in [-0.2, 0) is 134 Å². The number of hydrogen-bond acceptors (Lipinski definition) is 34. The standard InChI is InChI=1S/C13H15NO8.C13H17NO6.C13H19NO5.C13H16O6S.C12H15NO6/c1-6(4-14(20)21)3-8(16)9-10(17)7(5-15)11(18)13(22-2)12(9)19;1-6(2)4-8(14-19)9-10(16)7(5-15)11(17)13(20-3)12(9)18;1-7(2)5-14(3)9-10(16)8(6-15)11(17)13(19-4)12(9)18;1-6(5-20)3-8(15)9-10(16)7(4-14)11(17)13(19-2)12(9)18;1-5(2)12(18)13-7-8(15)6(4-14)9(16)11(19-3)10(7)17/h5-7,9,13H,3-4H2,1-2H3;5-7,9,13,19H,4H2,1-3H3;6-9,13H,5H2,1-4H3;4,6-7,9,13,20H,3,5H2,1-2H3;4-7,11H,1-3H3,(H,13,18)/b;14-8+;;;. The van der Waals surface area contributed by atoms with Gasteiger partial charge in [-0.05, 0) is 37.0 Å². The molecule has 0 heterocycles. The molecule has 5 saturated carbocycles. The van der Waals surface area contributed by atoms with Crippen LogP contribution in [0.1, 0.15) is 74.7 Å². The second-order valence-corrected chi connectivity index (χ2v) is 25.1. The third kappa shape index (κ3) is 21.6. The number of ketones is 17. The van der Waals surface area contributed by atoms with Crippen molar-refractivity contribution in [2.45, 2.75) is 117 Å². The third-order valence-electron chi connectivity index (χ3n) is 15.8. The highest BCUT2D eigenvalue weighted by Gasteiger charge is 2.56. The van der Waals surface area contributed by atoms with Crippen LogP contribution >= 0.6 is 12.6 Å². The number of oxime groups is 1. The number of likely N-dealkylation sites (N-methyl/N-ethyl adjacent to an activating group) is 1. The van der Waals surface area contributed by atoms with Crippen molar-refractivity contribution in [1.29, 1.82) is 0 Å². The zero-order valence-electron chi connectivity index (χ0n) is 57.2. The summed E-state index contributed by atoms with van der Waals surface area (Å²) in [6, 6.07) is -2.59. The van der Waals surface area contributed by atoms with Gasteiger partial charge in [-0.25, -0.2) is 0 Å². The number of rotatable bonds is 27. The molecule has 5 aliphatic carbocycles. The lowest BCUT2D eigenvalue weighted by atomic mass is 9.74. The van der Waals surface area contributed by atoms with Gasteiger partial charge in [0.05, 0.1) is 5.71 Å². The number of methoxy groups -OCH3 is 5. The van der Waals surface area contributed by atoms with E-state index in [0.29, 0.717) is 18.6 Å². The second kappa shape index (κ2) is 41.1. The number of amides is 1. The normalized spacial score (nSPS) is 27.8. The minimum atomic E-state index is -1.79. The highest BCUT2D eigenvalue weighted by atomic mass is 32.1. The molecule has 0 radical (unpaired) electrons. The molecule has 36 heteroatoms. The van der Waals surface area contributed by atoms with Crippen molar-refractivity contribution in [3.05, 3.63) is 10.1 Å². The summed E-state index contributed by atoms with van der Waals surface area (Å²) in [5, 5.41) is 24.6. The molecule has 35 nitrogen and oxygen atoms in total. The number of nitrogens with zero attached hydrogens (tertiary/aromatic N) is 3. The zero-order valence-corrected chi connectivity index (χ0v) is 58.1. The summed E-state index contributed by atoms with van der Waals surface area (Å²) in [6.07, 6.45) is -6.77. The van der Waals surface area contributed by atoms with Gasteiger partial charge in [-0.15, -0.1) is 0 Å². The monoisotopic (exact) mass is 1430 g/mol. The maximum atomic E-state index is 12.1. The number of ether oxygens (including phenoxy) is 5. The average Bonchev–Trinajstić information content (AvgIpc) is 0.818. The Morgan fingerprint density at radius 3 is 1.11 bits per heavy atom. The van der Waals surface area contributed by atoms with Gasteiger partial charge < -0.3 is 58.2 Å². The van der Waals surface area contributed by atoms with Crippen molar-refractivity contribution in [1.82, 2.24) is 10.2 Å². The van der Waals surface area contributed by atoms with Crippen molar-refractivity contribution < 1.29 is 144 Å². The van der Waals surface area contributed by atoms with E-state index in [1.54, 1.807) is 32.7 Å². The van der Waals surface area contributed by atoms with E-state index < -0.39 is 217 Å². The number of aldehydes is 5. The van der Waals surface area contributed by atoms with Crippen LogP contribution in [0.2, 0.25) is 0 Å². The van der Waals surface area contributed by atoms with Gasteiger partial charge in [-0.3, -0.25) is 101 Å². The molecule has 0 aromatic heterocycles. The summed E-state index contributed by atoms with van der Waals surface area (Å²) >= 11 is 4.03. The van der Waals surface area contributed by atoms with E-state index >= 15 is 0 Å². The predicted molar refractivity (Wildman–Crippen MR) is 337 cm³/mol. The van der Waals surface area contributed by atoms with Gasteiger partial charge in [0.25, 0.3) is 0 Å². The molecule has 17 unspecified atom stereocenters. The summed E-state index contributed by atoms with van der Waals surface area (Å²) in [5.74, 6) is -28.0. The molecule has 0 spiro atoms. The number of thiol groups is 1. The van der Waals surface area contributed by atoms with Gasteiger partial charge in [0.1, 0.15) is 84.8 Å². The van der Waals surface area contributed by atoms with Crippen LogP contribution in [0.4, 0.5) is 0 Å². The summed E-state index contributed by atoms with van der Waals surface area (Å²) in [4.78, 5) is 280. The van der Waals surface area contributed by atoms with Crippen molar-refractivity contribution in [2.24, 2.45) is 82.1 Å². The number of nitrogens with one attached hydrogen (secondary N) is 1. The number of carbonyl (C=O) groups is 23. The Morgan fingerprint density at radius 1 is 0.480 bits per heavy atom. The van der Waals surface area contributed by atoms with Crippen molar-refractivity contribution in [3.8, 4) is 0 Å². The molecule has 0 aromatic carbocycles. The van der Waals surface area contributed by atoms with Crippen LogP contribution in [0.3, 0.4) is 0 Å². The topological polar surface area (TPSA) is 530 Å². The lowest BCUT2D eigenvalue weighted by Crippen LogP contribution is -2.61. The number of nitro groups is 1. The quantitative estimate of drug-likeness (QED) is 0.0139. The van der Waals surface area contributed by atoms with Crippen LogP contribution in [0.5, 0.6) is 0 Å². The van der Waals surface area contributed by atoms with E-state index in [1.807, 2.05) is 27.7 Å². The molecule has 2 N–H and O–H groups in total. The average molecular weight is 1440 g/mol. The maximum absolute atomic E-state index is 12.1. The van der Waals surface area contributed by atoms with Gasteiger partial charge in [0.2, 0.25) is 12.5 Å². The highest BCUT2D eigenvalue weighted by Crippen LogP contribution is 2.29. The Bertz CT molecular complexity index is 3300. The smallest absolute Gasteiger partial charge is 0.223 e. The zero-order chi connectivity index (χ0) is 77.4. The van der Waals surface area contributed by atoms with Gasteiger partial charge in [0, 0.05) is 71.7 Å². The van der Waals surface area contributed by atoms with Crippen molar-refractivity contribution in [2.75, 3.05) is 61.4 Å². The van der Waals surface area contributed by atoms with E-state index in [4.69, 9.17) is 24.2 Å². The largest absolute Gasteiger partial charge is 0.411 e. The Hall–Kier alpha value is -8.81. The first-order chi connectivity index (χ1) is 46.7. The molecule has 1 amide bonds. The molecule has 0 bridgehead atoms. The van der Waals surface area contributed by atoms with E-state index in [9.17, 15) is 120 Å². The predicted octanol–water partition coefficient (Wildman–Crippen LogP) is -3.09. The van der Waals surface area contributed by atoms with Crippen LogP contribution in [0.25, 0.3) is 0 Å². The Labute approximate surface area is 577 Å². The van der Waals surface area contributed by atoms with E-state index in [0.717, 1.165) is 28.4 Å². The van der Waals surface area contributed by atoms with Crippen LogP contribution < -0.4 is 5.32 Å². The maximum Gasteiger partial charge on any atom is 0.223 e. The van der Waals surface area contributed by atoms with Crippen LogP contribution in [-0.4, -0.2) is 260 Å². The number of Topliss-reactive ketones (excluding diaryl/α,β-unsaturated/α-hetero) is 17. The van der Waals surface area contributed by atoms with Gasteiger partial charge in [-0.1, -0.05) is 60.5 Å². The molecular weight excluding hydrogens is 1350 g/mol. The van der Waals surface area contributed by atoms with Crippen molar-refractivity contribution >= 4 is 154 Å². The van der Waals surface area contributed by atoms with Gasteiger partial charge in [0.15, 0.2) is 135 Å². The van der Waals surface area contributed by atoms with Gasteiger partial charge in [-0.2, -0.15) is 12.6 Å². The number of carbonyl (C=O) groups excluding carboxylic acids is 23. The minimum absolute atomic E-state index is 0.0121. The summed E-state index contributed by atoms with van der Waals surface area (Å²) in [6.45, 7) is 13.9. The molecule has 17 atom stereocenters. The Kier molecular flexibility index (Phi) is 36.6. The SMILES string of the molecule is COC1C(=O)C(C=O)C(=O)C(/C(CC(C)C)=N/O)C1=O.COC1C(=O)C(C=O)C(=O)C(C(=O)CC(C)CS)C1=O.COC1C(=O)C(C=O)C(=O)C(C(=O)CC(C)C[N+](=O)[O-])C1=O.COC1C(=O)C(C=O)C(=O)C(N(C)CC(C)C)C1=O.COC1C(=O)C(C=O)C(=O)C(NC(=O)C(C)C)C1=O. The van der Waals surface area contributed by atoms with Crippen LogP contribution in [0.15, 0.2) is 5.16 Å². The molecule has 0 aromatic rings. The summed E-state index contributed by atoms with van der Waals surface area (Å²) in [7, 11) is 7.29. The van der Waals surface area contributed by atoms with E-state index in [2.05, 4.69) is 27.8 Å². The first-order valence-corrected chi connectivity index (χ1v) is 31.3. The fraction of sp³-hybridized carbons (Fsp3) is 0.625. The summed E-state index contributed by atoms with van der Waals surface area (Å²) in [5.41, 5.74) is -0.0450. The molecule has 0 saturated heterocycles. The van der Waals surface area contributed by atoms with Crippen molar-refractivity contribution in [3.63, 3.8) is 0 Å². The molecular formula is C64H82N4O31S. The first-order valence-electron chi connectivity index (χ1n) is 30.7. The fourth-order valence-electron chi connectivity index (χ4n) is 10.9. The minimum Gasteiger partial charge on any atom is -0.411 e. The van der Waals surface area contributed by atoms with Gasteiger partial charge >= 0.3 is 0 Å². The molecule has 550 valence electrons. The second-order valence-electron chi connectivity index (χ2n) is 24.8. The fourth-order valence-corrected chi connectivity index (χ4v) is 11.0. The van der Waals surface area contributed by atoms with E-state index in [1.165, 1.54) is 14.0 Å². The number of hydrogen-bond donors (Lipinski definition) is 3. The molecule has 0 aliphatic heterocycles. The Balaban J connectivity index is 0.000000626. The van der Waals surface area contributed by atoms with E-state index in [-0.39, 0.29) is 67.9 Å². The Morgan fingerprint density at radius 2 is 0.800 bits per heavy atom. The van der Waals surface area contributed by atoms with Crippen LogP contribution in [0, 0.1) is 87.0 Å². The third-order valence-corrected chi connectivity index (χ3v) is 16.4. The summed E-state index contributed by atoms with van der Waals surface area (Å²) < 4.78 is 23.7.